The van der Waals surface area contributed by atoms with Gasteiger partial charge in [-0.3, -0.25) is 9.69 Å². The lowest BCUT2D eigenvalue weighted by atomic mass is 9.81. The van der Waals surface area contributed by atoms with E-state index in [0.29, 0.717) is 42.5 Å². The first-order valence-electron chi connectivity index (χ1n) is 12.2. The Kier molecular flexibility index (Phi) is 8.12. The number of allylic oxidation sites excluding steroid dienone is 1. The van der Waals surface area contributed by atoms with E-state index in [4.69, 9.17) is 26.8 Å². The molecule has 2 aliphatic rings. The number of amides is 1. The van der Waals surface area contributed by atoms with Crippen molar-refractivity contribution in [3.05, 3.63) is 81.8 Å². The average Bonchev–Trinajstić information content (AvgIpc) is 2.96. The summed E-state index contributed by atoms with van der Waals surface area (Å²) < 4.78 is 10.1. The number of rotatable bonds is 5. The molecule has 2 aromatic carbocycles. The van der Waals surface area contributed by atoms with Gasteiger partial charge in [0.1, 0.15) is 11.5 Å². The number of nitrogens with zero attached hydrogens (tertiary/aromatic N) is 4. The van der Waals surface area contributed by atoms with Gasteiger partial charge in [-0.05, 0) is 23.8 Å². The molecule has 10 nitrogen and oxygen atoms in total. The summed E-state index contributed by atoms with van der Waals surface area (Å²) >= 11 is 6.72. The van der Waals surface area contributed by atoms with Gasteiger partial charge >= 0.3 is 11.9 Å². The van der Waals surface area contributed by atoms with Crippen LogP contribution in [0.3, 0.4) is 0 Å². The highest BCUT2D eigenvalue weighted by Gasteiger charge is 2.43. The predicted molar refractivity (Wildman–Crippen MR) is 145 cm³/mol. The molecule has 1 atom stereocenters. The van der Waals surface area contributed by atoms with Gasteiger partial charge < -0.3 is 25.0 Å². The quantitative estimate of drug-likeness (QED) is 0.559. The fraction of sp³-hybridized carbons (Fsp3) is 0.286. The molecular weight excluding hydrogens is 522 g/mol. The molecule has 0 aromatic heterocycles. The molecule has 0 aliphatic carbocycles. The summed E-state index contributed by atoms with van der Waals surface area (Å²) in [6, 6.07) is 16.0. The summed E-state index contributed by atoms with van der Waals surface area (Å²) in [5.41, 5.74) is 8.03. The molecular formula is C28H28ClN5O5. The van der Waals surface area contributed by atoms with Gasteiger partial charge in [0.05, 0.1) is 48.1 Å². The molecule has 2 heterocycles. The third-order valence-corrected chi connectivity index (χ3v) is 7.17. The SMILES string of the molecule is COC(=O)C1=C(C(=O)OC)N(c2ccc(N3CCN(C(C)=O)CC3)c(Cl)c2)C(N)=C(C#N)C1c1ccccc1. The Morgan fingerprint density at radius 3 is 2.18 bits per heavy atom. The van der Waals surface area contributed by atoms with E-state index >= 15 is 0 Å². The number of ether oxygens (including phenoxy) is 2. The molecule has 0 saturated carbocycles. The van der Waals surface area contributed by atoms with Crippen LogP contribution in [0, 0.1) is 11.3 Å². The van der Waals surface area contributed by atoms with Gasteiger partial charge in [0.2, 0.25) is 5.91 Å². The zero-order valence-corrected chi connectivity index (χ0v) is 22.6. The predicted octanol–water partition coefficient (Wildman–Crippen LogP) is 2.91. The second kappa shape index (κ2) is 11.5. The zero-order valence-electron chi connectivity index (χ0n) is 21.8. The van der Waals surface area contributed by atoms with Gasteiger partial charge in [0.25, 0.3) is 0 Å². The van der Waals surface area contributed by atoms with Gasteiger partial charge in [0, 0.05) is 38.8 Å². The van der Waals surface area contributed by atoms with Crippen LogP contribution in [-0.2, 0) is 23.9 Å². The number of anilines is 2. The molecule has 2 aliphatic heterocycles. The highest BCUT2D eigenvalue weighted by molar-refractivity contribution is 6.33. The molecule has 0 spiro atoms. The number of halogens is 1. The molecule has 2 N–H and O–H groups in total. The van der Waals surface area contributed by atoms with E-state index < -0.39 is 17.9 Å². The van der Waals surface area contributed by atoms with E-state index in [-0.39, 0.29) is 28.6 Å². The summed E-state index contributed by atoms with van der Waals surface area (Å²) in [6.07, 6.45) is 0. The van der Waals surface area contributed by atoms with Gasteiger partial charge in [-0.25, -0.2) is 9.59 Å². The summed E-state index contributed by atoms with van der Waals surface area (Å²) in [5.74, 6) is -2.62. The van der Waals surface area contributed by atoms with Crippen LogP contribution in [0.25, 0.3) is 0 Å². The largest absolute Gasteiger partial charge is 0.466 e. The Hall–Kier alpha value is -4.49. The van der Waals surface area contributed by atoms with E-state index in [9.17, 15) is 19.6 Å². The lowest BCUT2D eigenvalue weighted by Crippen LogP contribution is -2.48. The van der Waals surface area contributed by atoms with Crippen molar-refractivity contribution < 1.29 is 23.9 Å². The lowest BCUT2D eigenvalue weighted by molar-refractivity contribution is -0.139. The van der Waals surface area contributed by atoms with E-state index in [1.165, 1.54) is 19.1 Å². The summed E-state index contributed by atoms with van der Waals surface area (Å²) in [5, 5.41) is 10.5. The molecule has 1 fully saturated rings. The number of piperazine rings is 1. The van der Waals surface area contributed by atoms with Crippen LogP contribution in [0.1, 0.15) is 18.4 Å². The molecule has 1 amide bonds. The number of hydrogen-bond donors (Lipinski definition) is 1. The van der Waals surface area contributed by atoms with Crippen molar-refractivity contribution in [1.82, 2.24) is 4.90 Å². The highest BCUT2D eigenvalue weighted by Crippen LogP contribution is 2.44. The van der Waals surface area contributed by atoms with Crippen molar-refractivity contribution >= 4 is 40.8 Å². The minimum Gasteiger partial charge on any atom is -0.466 e. The zero-order chi connectivity index (χ0) is 28.3. The van der Waals surface area contributed by atoms with Gasteiger partial charge in [-0.2, -0.15) is 5.26 Å². The first kappa shape index (κ1) is 27.5. The van der Waals surface area contributed by atoms with Crippen LogP contribution >= 0.6 is 11.6 Å². The van der Waals surface area contributed by atoms with Crippen LogP contribution in [0.2, 0.25) is 5.02 Å². The minimum atomic E-state index is -0.957. The lowest BCUT2D eigenvalue weighted by Gasteiger charge is -2.37. The highest BCUT2D eigenvalue weighted by atomic mass is 35.5. The second-order valence-electron chi connectivity index (χ2n) is 8.96. The van der Waals surface area contributed by atoms with Crippen molar-refractivity contribution in [3.63, 3.8) is 0 Å². The monoisotopic (exact) mass is 549 g/mol. The number of nitrogens with two attached hydrogens (primary N) is 1. The molecule has 0 bridgehead atoms. The van der Waals surface area contributed by atoms with Gasteiger partial charge in [-0.1, -0.05) is 41.9 Å². The topological polar surface area (TPSA) is 129 Å². The van der Waals surface area contributed by atoms with E-state index in [1.807, 2.05) is 0 Å². The fourth-order valence-corrected chi connectivity index (χ4v) is 5.23. The van der Waals surface area contributed by atoms with E-state index in [1.54, 1.807) is 60.4 Å². The maximum atomic E-state index is 13.2. The summed E-state index contributed by atoms with van der Waals surface area (Å²) in [6.45, 7) is 3.88. The molecule has 202 valence electrons. The summed E-state index contributed by atoms with van der Waals surface area (Å²) in [4.78, 5) is 43.2. The number of benzene rings is 2. The molecule has 1 saturated heterocycles. The van der Waals surface area contributed by atoms with Crippen molar-refractivity contribution in [1.29, 1.82) is 5.26 Å². The third kappa shape index (κ3) is 5.13. The van der Waals surface area contributed by atoms with Gasteiger partial charge in [0.15, 0.2) is 0 Å². The molecule has 1 unspecified atom stereocenters. The second-order valence-corrected chi connectivity index (χ2v) is 9.37. The van der Waals surface area contributed by atoms with Crippen molar-refractivity contribution in [2.24, 2.45) is 5.73 Å². The molecule has 2 aromatic rings. The van der Waals surface area contributed by atoms with E-state index in [0.717, 1.165) is 5.69 Å². The van der Waals surface area contributed by atoms with Crippen LogP contribution < -0.4 is 15.5 Å². The standard InChI is InChI=1S/C28H28ClN5O5/c1-17(35)32-11-13-33(14-12-32)22-10-9-19(15-21(22)29)34-25(28(37)39-3)24(27(36)38-2)23(20(16-30)26(34)31)18-7-5-4-6-8-18/h4-10,15,23H,11-14,31H2,1-3H3. The Morgan fingerprint density at radius 2 is 1.64 bits per heavy atom. The number of carbonyl (C=O) groups is 3. The van der Waals surface area contributed by atoms with E-state index in [2.05, 4.69) is 11.0 Å². The Balaban J connectivity index is 1.85. The average molecular weight is 550 g/mol. The third-order valence-electron chi connectivity index (χ3n) is 6.87. The smallest absolute Gasteiger partial charge is 0.355 e. The number of esters is 2. The van der Waals surface area contributed by atoms with Crippen molar-refractivity contribution in [2.75, 3.05) is 50.2 Å². The van der Waals surface area contributed by atoms with Crippen LogP contribution in [0.5, 0.6) is 0 Å². The van der Waals surface area contributed by atoms with Gasteiger partial charge in [-0.15, -0.1) is 0 Å². The molecule has 11 heteroatoms. The Bertz CT molecular complexity index is 1410. The van der Waals surface area contributed by atoms with Crippen LogP contribution in [0.4, 0.5) is 11.4 Å². The maximum absolute atomic E-state index is 13.2. The maximum Gasteiger partial charge on any atom is 0.355 e. The van der Waals surface area contributed by atoms with Crippen molar-refractivity contribution in [2.45, 2.75) is 12.8 Å². The van der Waals surface area contributed by atoms with Crippen LogP contribution in [-0.4, -0.2) is 63.1 Å². The number of nitriles is 1. The summed E-state index contributed by atoms with van der Waals surface area (Å²) in [7, 11) is 2.39. The first-order chi connectivity index (χ1) is 18.7. The minimum absolute atomic E-state index is 0.0223. The number of carbonyl (C=O) groups excluding carboxylic acids is 3. The Morgan fingerprint density at radius 1 is 1.00 bits per heavy atom. The molecule has 39 heavy (non-hydrogen) atoms. The molecule has 0 radical (unpaired) electrons. The first-order valence-corrected chi connectivity index (χ1v) is 12.6. The number of hydrogen-bond acceptors (Lipinski definition) is 9. The normalized spacial score (nSPS) is 17.6. The van der Waals surface area contributed by atoms with Crippen molar-refractivity contribution in [3.8, 4) is 6.07 Å². The van der Waals surface area contributed by atoms with Crippen LogP contribution in [0.15, 0.2) is 71.2 Å². The number of methoxy groups -OCH3 is 2. The molecule has 4 rings (SSSR count). The Labute approximate surface area is 231 Å². The fourth-order valence-electron chi connectivity index (χ4n) is 4.94.